The Kier molecular flexibility index (Phi) is 4.48. The van der Waals surface area contributed by atoms with Gasteiger partial charge < -0.3 is 10.4 Å². The molecule has 0 radical (unpaired) electrons. The van der Waals surface area contributed by atoms with E-state index in [0.29, 0.717) is 5.69 Å². The molecule has 126 valence electrons. The molecule has 0 aromatic heterocycles. The molecule has 2 N–H and O–H groups in total. The van der Waals surface area contributed by atoms with Crippen LogP contribution in [0.1, 0.15) is 5.56 Å². The SMILES string of the molecule is O=C1NC(=Nc2ccc(F)cc2)S/C1=C\c1cc([N+](=O)[O-])ccc1O. The average molecular weight is 359 g/mol. The Labute approximate surface area is 145 Å². The number of nitro benzene ring substituents is 1. The minimum absolute atomic E-state index is 0.148. The lowest BCUT2D eigenvalue weighted by molar-refractivity contribution is -0.384. The topological polar surface area (TPSA) is 105 Å². The van der Waals surface area contributed by atoms with Gasteiger partial charge in [0.15, 0.2) is 5.17 Å². The van der Waals surface area contributed by atoms with Crippen molar-refractivity contribution in [1.29, 1.82) is 0 Å². The second kappa shape index (κ2) is 6.73. The van der Waals surface area contributed by atoms with Crippen molar-refractivity contribution >= 4 is 40.3 Å². The number of thioether (sulfide) groups is 1. The van der Waals surface area contributed by atoms with Crippen molar-refractivity contribution in [3.63, 3.8) is 0 Å². The third kappa shape index (κ3) is 3.83. The van der Waals surface area contributed by atoms with E-state index in [4.69, 9.17) is 0 Å². The van der Waals surface area contributed by atoms with Crippen LogP contribution < -0.4 is 5.32 Å². The number of nitro groups is 1. The van der Waals surface area contributed by atoms with Crippen LogP contribution in [0.5, 0.6) is 5.75 Å². The number of hydrogen-bond acceptors (Lipinski definition) is 6. The molecule has 9 heteroatoms. The zero-order chi connectivity index (χ0) is 18.0. The van der Waals surface area contributed by atoms with E-state index >= 15 is 0 Å². The predicted molar refractivity (Wildman–Crippen MR) is 92.0 cm³/mol. The molecule has 3 rings (SSSR count). The quantitative estimate of drug-likeness (QED) is 0.497. The predicted octanol–water partition coefficient (Wildman–Crippen LogP) is 3.33. The van der Waals surface area contributed by atoms with Gasteiger partial charge in [0.2, 0.25) is 0 Å². The van der Waals surface area contributed by atoms with E-state index in [2.05, 4.69) is 10.3 Å². The molecule has 1 heterocycles. The molecule has 7 nitrogen and oxygen atoms in total. The molecule has 1 aliphatic rings. The Bertz CT molecular complexity index is 925. The molecule has 1 amide bonds. The number of rotatable bonds is 3. The molecule has 0 unspecified atom stereocenters. The highest BCUT2D eigenvalue weighted by Gasteiger charge is 2.24. The molecule has 0 bridgehead atoms. The summed E-state index contributed by atoms with van der Waals surface area (Å²) in [6.07, 6.45) is 1.34. The summed E-state index contributed by atoms with van der Waals surface area (Å²) in [7, 11) is 0. The lowest BCUT2D eigenvalue weighted by Gasteiger charge is -1.99. The number of phenols is 1. The zero-order valence-electron chi connectivity index (χ0n) is 12.5. The Morgan fingerprint density at radius 3 is 2.64 bits per heavy atom. The van der Waals surface area contributed by atoms with Gasteiger partial charge in [0.25, 0.3) is 11.6 Å². The maximum atomic E-state index is 12.9. The summed E-state index contributed by atoms with van der Waals surface area (Å²) >= 11 is 1.01. The average Bonchev–Trinajstić information content (AvgIpc) is 2.91. The van der Waals surface area contributed by atoms with E-state index in [1.807, 2.05) is 0 Å². The van der Waals surface area contributed by atoms with Crippen LogP contribution in [-0.2, 0) is 4.79 Å². The summed E-state index contributed by atoms with van der Waals surface area (Å²) in [6, 6.07) is 8.95. The third-order valence-corrected chi connectivity index (χ3v) is 4.13. The monoisotopic (exact) mass is 359 g/mol. The van der Waals surface area contributed by atoms with Crippen LogP contribution in [0.4, 0.5) is 15.8 Å². The van der Waals surface area contributed by atoms with E-state index in [0.717, 1.165) is 11.8 Å². The normalized spacial score (nSPS) is 17.1. The van der Waals surface area contributed by atoms with Gasteiger partial charge in [-0.15, -0.1) is 0 Å². The Hall–Kier alpha value is -3.20. The number of amides is 1. The van der Waals surface area contributed by atoms with Crippen LogP contribution in [0.25, 0.3) is 6.08 Å². The first-order chi connectivity index (χ1) is 11.9. The number of hydrogen-bond donors (Lipinski definition) is 2. The van der Waals surface area contributed by atoms with Crippen LogP contribution in [0.2, 0.25) is 0 Å². The summed E-state index contributed by atoms with van der Waals surface area (Å²) in [4.78, 5) is 26.6. The molecular formula is C16H10FN3O4S. The van der Waals surface area contributed by atoms with Crippen molar-refractivity contribution in [3.8, 4) is 5.75 Å². The Morgan fingerprint density at radius 1 is 1.24 bits per heavy atom. The van der Waals surface area contributed by atoms with Crippen molar-refractivity contribution in [2.24, 2.45) is 4.99 Å². The van der Waals surface area contributed by atoms with E-state index in [1.54, 1.807) is 0 Å². The molecular weight excluding hydrogens is 349 g/mol. The fraction of sp³-hybridized carbons (Fsp3) is 0. The molecule has 25 heavy (non-hydrogen) atoms. The standard InChI is InChI=1S/C16H10FN3O4S/c17-10-1-3-11(4-2-10)18-16-19-15(22)14(25-16)8-9-7-12(20(23)24)5-6-13(9)21/h1-8,21H,(H,18,19,22)/b14-8-. The smallest absolute Gasteiger partial charge is 0.270 e. The zero-order valence-corrected chi connectivity index (χ0v) is 13.3. The van der Waals surface area contributed by atoms with Gasteiger partial charge in [-0.25, -0.2) is 9.38 Å². The number of amidine groups is 1. The molecule has 0 saturated carbocycles. The van der Waals surface area contributed by atoms with Crippen LogP contribution >= 0.6 is 11.8 Å². The van der Waals surface area contributed by atoms with Gasteiger partial charge in [0.05, 0.1) is 15.5 Å². The molecule has 2 aromatic carbocycles. The largest absolute Gasteiger partial charge is 0.507 e. The summed E-state index contributed by atoms with van der Waals surface area (Å²) in [5.41, 5.74) is 0.409. The summed E-state index contributed by atoms with van der Waals surface area (Å²) in [6.45, 7) is 0. The second-order valence-corrected chi connectivity index (χ2v) is 5.99. The minimum Gasteiger partial charge on any atom is -0.507 e. The fourth-order valence-corrected chi connectivity index (χ4v) is 2.86. The maximum absolute atomic E-state index is 12.9. The number of aliphatic imine (C=N–C) groups is 1. The number of nitrogens with one attached hydrogen (secondary N) is 1. The second-order valence-electron chi connectivity index (χ2n) is 4.96. The van der Waals surface area contributed by atoms with E-state index in [9.17, 15) is 24.4 Å². The van der Waals surface area contributed by atoms with Gasteiger partial charge in [-0.05, 0) is 48.2 Å². The first kappa shape index (κ1) is 16.7. The number of nitrogens with zero attached hydrogens (tertiary/aromatic N) is 2. The maximum Gasteiger partial charge on any atom is 0.270 e. The van der Waals surface area contributed by atoms with Crippen molar-refractivity contribution in [2.45, 2.75) is 0 Å². The number of halogens is 1. The molecule has 1 saturated heterocycles. The van der Waals surface area contributed by atoms with Crippen LogP contribution in [0.3, 0.4) is 0 Å². The number of aromatic hydroxyl groups is 1. The first-order valence-corrected chi connectivity index (χ1v) is 7.76. The van der Waals surface area contributed by atoms with Gasteiger partial charge >= 0.3 is 0 Å². The number of phenolic OH excluding ortho intramolecular Hbond substituents is 1. The highest BCUT2D eigenvalue weighted by Crippen LogP contribution is 2.31. The third-order valence-electron chi connectivity index (χ3n) is 3.22. The van der Waals surface area contributed by atoms with Crippen LogP contribution in [-0.4, -0.2) is 21.1 Å². The highest BCUT2D eigenvalue weighted by atomic mass is 32.2. The highest BCUT2D eigenvalue weighted by molar-refractivity contribution is 8.18. The van der Waals surface area contributed by atoms with Crippen LogP contribution in [0.15, 0.2) is 52.4 Å². The summed E-state index contributed by atoms with van der Waals surface area (Å²) in [5, 5.41) is 23.5. The van der Waals surface area contributed by atoms with Gasteiger partial charge in [-0.1, -0.05) is 0 Å². The molecule has 0 spiro atoms. The Balaban J connectivity index is 1.88. The van der Waals surface area contributed by atoms with E-state index in [1.165, 1.54) is 48.5 Å². The number of benzene rings is 2. The van der Waals surface area contributed by atoms with Gasteiger partial charge in [-0.3, -0.25) is 14.9 Å². The van der Waals surface area contributed by atoms with Crippen molar-refractivity contribution < 1.29 is 19.2 Å². The minimum atomic E-state index is -0.593. The molecule has 1 fully saturated rings. The van der Waals surface area contributed by atoms with Crippen LogP contribution in [0, 0.1) is 15.9 Å². The van der Waals surface area contributed by atoms with Gasteiger partial charge in [0.1, 0.15) is 11.6 Å². The van der Waals surface area contributed by atoms with Crippen molar-refractivity contribution in [1.82, 2.24) is 5.32 Å². The van der Waals surface area contributed by atoms with Gasteiger partial charge in [0, 0.05) is 17.7 Å². The van der Waals surface area contributed by atoms with Crippen molar-refractivity contribution in [3.05, 3.63) is 68.9 Å². The number of carbonyl (C=O) groups excluding carboxylic acids is 1. The lowest BCUT2D eigenvalue weighted by atomic mass is 10.1. The molecule has 1 aliphatic heterocycles. The van der Waals surface area contributed by atoms with Gasteiger partial charge in [-0.2, -0.15) is 0 Å². The molecule has 2 aromatic rings. The first-order valence-electron chi connectivity index (χ1n) is 6.95. The van der Waals surface area contributed by atoms with Crippen molar-refractivity contribution in [2.75, 3.05) is 0 Å². The Morgan fingerprint density at radius 2 is 1.96 bits per heavy atom. The molecule has 0 aliphatic carbocycles. The summed E-state index contributed by atoms with van der Waals surface area (Å²) in [5.74, 6) is -1.03. The summed E-state index contributed by atoms with van der Waals surface area (Å²) < 4.78 is 12.9. The van der Waals surface area contributed by atoms with E-state index < -0.39 is 16.6 Å². The molecule has 0 atom stereocenters. The lowest BCUT2D eigenvalue weighted by Crippen LogP contribution is -2.19. The van der Waals surface area contributed by atoms with E-state index in [-0.39, 0.29) is 27.1 Å². The number of carbonyl (C=O) groups is 1. The fourth-order valence-electron chi connectivity index (χ4n) is 2.03. The number of non-ortho nitro benzene ring substituents is 1.